The van der Waals surface area contributed by atoms with Gasteiger partial charge in [0.1, 0.15) is 17.3 Å². The SMILES string of the molecule is COCCN1C(=O)C(=O)/C(=C(/O)c2cc(Cl)c(OC)cc2OC)C1c1ccc(C(C)(C)C)cc1. The minimum absolute atomic E-state index is 0.0378. The smallest absolute Gasteiger partial charge is 0.295 e. The summed E-state index contributed by atoms with van der Waals surface area (Å²) in [5.74, 6) is -1.26. The molecule has 7 nitrogen and oxygen atoms in total. The van der Waals surface area contributed by atoms with Crippen LogP contribution in [0, 0.1) is 0 Å². The zero-order chi connectivity index (χ0) is 25.2. The average molecular weight is 488 g/mol. The van der Waals surface area contributed by atoms with Crippen LogP contribution in [-0.4, -0.2) is 56.2 Å². The summed E-state index contributed by atoms with van der Waals surface area (Å²) < 4.78 is 15.8. The first-order valence-electron chi connectivity index (χ1n) is 10.8. The van der Waals surface area contributed by atoms with Crippen molar-refractivity contribution in [2.45, 2.75) is 32.2 Å². The Morgan fingerprint density at radius 3 is 2.18 bits per heavy atom. The van der Waals surface area contributed by atoms with Crippen LogP contribution >= 0.6 is 11.6 Å². The van der Waals surface area contributed by atoms with E-state index in [0.29, 0.717) is 11.3 Å². The van der Waals surface area contributed by atoms with E-state index in [1.807, 2.05) is 24.3 Å². The van der Waals surface area contributed by atoms with Crippen LogP contribution in [0.25, 0.3) is 5.76 Å². The number of carbonyl (C=O) groups excluding carboxylic acids is 2. The van der Waals surface area contributed by atoms with Gasteiger partial charge in [0.15, 0.2) is 0 Å². The van der Waals surface area contributed by atoms with Crippen molar-refractivity contribution in [1.29, 1.82) is 0 Å². The van der Waals surface area contributed by atoms with Crippen LogP contribution in [0.3, 0.4) is 0 Å². The van der Waals surface area contributed by atoms with Gasteiger partial charge in [-0.25, -0.2) is 0 Å². The van der Waals surface area contributed by atoms with Crippen molar-refractivity contribution in [3.8, 4) is 11.5 Å². The number of aliphatic hydroxyl groups is 1. The Bertz CT molecular complexity index is 1120. The van der Waals surface area contributed by atoms with Gasteiger partial charge in [0.05, 0.1) is 43.0 Å². The maximum absolute atomic E-state index is 13.2. The Morgan fingerprint density at radius 2 is 1.65 bits per heavy atom. The van der Waals surface area contributed by atoms with Gasteiger partial charge >= 0.3 is 0 Å². The molecule has 0 aromatic heterocycles. The number of nitrogens with zero attached hydrogens (tertiary/aromatic N) is 1. The highest BCUT2D eigenvalue weighted by atomic mass is 35.5. The second kappa shape index (κ2) is 10.1. The third-order valence-electron chi connectivity index (χ3n) is 5.90. The van der Waals surface area contributed by atoms with Crippen molar-refractivity contribution >= 4 is 29.1 Å². The molecule has 1 aliphatic heterocycles. The Hall–Kier alpha value is -3.03. The number of aliphatic hydroxyl groups excluding tert-OH is 1. The van der Waals surface area contributed by atoms with E-state index in [1.165, 1.54) is 38.4 Å². The topological polar surface area (TPSA) is 85.3 Å². The lowest BCUT2D eigenvalue weighted by Gasteiger charge is -2.26. The molecule has 0 radical (unpaired) electrons. The highest BCUT2D eigenvalue weighted by Gasteiger charge is 2.46. The molecule has 1 saturated heterocycles. The Kier molecular flexibility index (Phi) is 7.58. The van der Waals surface area contributed by atoms with Crippen LogP contribution in [0.4, 0.5) is 0 Å². The monoisotopic (exact) mass is 487 g/mol. The van der Waals surface area contributed by atoms with Gasteiger partial charge in [0.25, 0.3) is 11.7 Å². The number of amides is 1. The van der Waals surface area contributed by atoms with Crippen LogP contribution in [0.15, 0.2) is 42.0 Å². The molecule has 1 unspecified atom stereocenters. The van der Waals surface area contributed by atoms with Gasteiger partial charge in [-0.2, -0.15) is 0 Å². The summed E-state index contributed by atoms with van der Waals surface area (Å²) in [5, 5.41) is 11.6. The summed E-state index contributed by atoms with van der Waals surface area (Å²) in [7, 11) is 4.41. The molecule has 1 heterocycles. The number of rotatable bonds is 7. The van der Waals surface area contributed by atoms with Gasteiger partial charge in [-0.05, 0) is 22.6 Å². The van der Waals surface area contributed by atoms with Crippen molar-refractivity contribution in [2.24, 2.45) is 0 Å². The lowest BCUT2D eigenvalue weighted by atomic mass is 9.85. The molecular formula is C26H30ClNO6. The summed E-state index contributed by atoms with van der Waals surface area (Å²) in [4.78, 5) is 27.6. The number of Topliss-reactive ketones (excluding diaryl/α,β-unsaturated/α-hetero) is 1. The molecule has 1 fully saturated rings. The number of hydrogen-bond donors (Lipinski definition) is 1. The second-order valence-corrected chi connectivity index (χ2v) is 9.45. The van der Waals surface area contributed by atoms with Crippen molar-refractivity contribution in [2.75, 3.05) is 34.5 Å². The number of ketones is 1. The van der Waals surface area contributed by atoms with Crippen molar-refractivity contribution in [1.82, 2.24) is 4.90 Å². The average Bonchev–Trinajstić information content (AvgIpc) is 3.06. The number of hydrogen-bond acceptors (Lipinski definition) is 6. The molecule has 3 rings (SSSR count). The zero-order valence-corrected chi connectivity index (χ0v) is 21.0. The minimum Gasteiger partial charge on any atom is -0.507 e. The fourth-order valence-corrected chi connectivity index (χ4v) is 4.24. The number of ether oxygens (including phenoxy) is 3. The lowest BCUT2D eigenvalue weighted by molar-refractivity contribution is -0.140. The zero-order valence-electron chi connectivity index (χ0n) is 20.3. The molecule has 2 aromatic carbocycles. The Morgan fingerprint density at radius 1 is 1.03 bits per heavy atom. The van der Waals surface area contributed by atoms with E-state index in [1.54, 1.807) is 0 Å². The van der Waals surface area contributed by atoms with E-state index in [-0.39, 0.29) is 46.2 Å². The molecule has 1 aliphatic rings. The predicted molar refractivity (Wildman–Crippen MR) is 131 cm³/mol. The molecule has 8 heteroatoms. The van der Waals surface area contributed by atoms with Gasteiger partial charge in [-0.15, -0.1) is 0 Å². The van der Waals surface area contributed by atoms with Gasteiger partial charge in [0.2, 0.25) is 0 Å². The molecule has 0 bridgehead atoms. The van der Waals surface area contributed by atoms with Crippen molar-refractivity contribution in [3.05, 3.63) is 63.7 Å². The first-order valence-corrected chi connectivity index (χ1v) is 11.2. The van der Waals surface area contributed by atoms with E-state index in [4.69, 9.17) is 25.8 Å². The van der Waals surface area contributed by atoms with Crippen LogP contribution in [-0.2, 0) is 19.7 Å². The van der Waals surface area contributed by atoms with Crippen LogP contribution < -0.4 is 9.47 Å². The number of benzene rings is 2. The molecule has 182 valence electrons. The molecule has 1 amide bonds. The summed E-state index contributed by atoms with van der Waals surface area (Å²) in [6.45, 7) is 6.73. The molecule has 2 aromatic rings. The summed E-state index contributed by atoms with van der Waals surface area (Å²) in [6, 6.07) is 9.87. The van der Waals surface area contributed by atoms with Gasteiger partial charge < -0.3 is 24.2 Å². The normalized spacial score (nSPS) is 17.9. The number of methoxy groups -OCH3 is 3. The van der Waals surface area contributed by atoms with E-state index < -0.39 is 17.7 Å². The third kappa shape index (κ3) is 4.76. The molecule has 34 heavy (non-hydrogen) atoms. The molecular weight excluding hydrogens is 458 g/mol. The fraction of sp³-hybridized carbons (Fsp3) is 0.385. The van der Waals surface area contributed by atoms with Crippen molar-refractivity contribution in [3.63, 3.8) is 0 Å². The van der Waals surface area contributed by atoms with Gasteiger partial charge in [0, 0.05) is 19.7 Å². The fourth-order valence-electron chi connectivity index (χ4n) is 4.00. The standard InChI is InChI=1S/C26H30ClNO6/c1-26(2,3)16-9-7-15(8-10-16)22-21(24(30)25(31)28(22)11-12-32-4)23(29)17-13-18(27)20(34-6)14-19(17)33-5/h7-10,13-14,22,29H,11-12H2,1-6H3/b23-21+. The summed E-state index contributed by atoms with van der Waals surface area (Å²) in [6.07, 6.45) is 0. The number of likely N-dealkylation sites (tertiary alicyclic amines) is 1. The second-order valence-electron chi connectivity index (χ2n) is 9.04. The van der Waals surface area contributed by atoms with Crippen LogP contribution in [0.1, 0.15) is 43.5 Å². The lowest BCUT2D eigenvalue weighted by Crippen LogP contribution is -2.32. The first-order chi connectivity index (χ1) is 16.0. The quantitative estimate of drug-likeness (QED) is 0.345. The minimum atomic E-state index is -0.797. The largest absolute Gasteiger partial charge is 0.507 e. The third-order valence-corrected chi connectivity index (χ3v) is 6.19. The number of halogens is 1. The highest BCUT2D eigenvalue weighted by Crippen LogP contribution is 2.43. The van der Waals surface area contributed by atoms with Gasteiger partial charge in [-0.1, -0.05) is 56.6 Å². The van der Waals surface area contributed by atoms with E-state index in [9.17, 15) is 14.7 Å². The van der Waals surface area contributed by atoms with Gasteiger partial charge in [-0.3, -0.25) is 9.59 Å². The molecule has 1 N–H and O–H groups in total. The maximum Gasteiger partial charge on any atom is 0.295 e. The summed E-state index contributed by atoms with van der Waals surface area (Å²) in [5.41, 5.74) is 1.89. The summed E-state index contributed by atoms with van der Waals surface area (Å²) >= 11 is 6.29. The van der Waals surface area contributed by atoms with E-state index in [2.05, 4.69) is 20.8 Å². The first kappa shape index (κ1) is 25.6. The maximum atomic E-state index is 13.2. The molecule has 0 aliphatic carbocycles. The Balaban J connectivity index is 2.22. The van der Waals surface area contributed by atoms with E-state index >= 15 is 0 Å². The predicted octanol–water partition coefficient (Wildman–Crippen LogP) is 4.72. The van der Waals surface area contributed by atoms with Crippen molar-refractivity contribution < 1.29 is 28.9 Å². The number of carbonyl (C=O) groups is 2. The molecule has 0 spiro atoms. The Labute approximate surface area is 204 Å². The van der Waals surface area contributed by atoms with Crippen LogP contribution in [0.2, 0.25) is 5.02 Å². The molecule has 1 atom stereocenters. The molecule has 0 saturated carbocycles. The van der Waals surface area contributed by atoms with Crippen LogP contribution in [0.5, 0.6) is 11.5 Å². The van der Waals surface area contributed by atoms with E-state index in [0.717, 1.165) is 5.56 Å². The highest BCUT2D eigenvalue weighted by molar-refractivity contribution is 6.46.